The molecular formula is C25H36O7. The van der Waals surface area contributed by atoms with E-state index in [1.54, 1.807) is 0 Å². The van der Waals surface area contributed by atoms with E-state index in [4.69, 9.17) is 0 Å². The van der Waals surface area contributed by atoms with E-state index < -0.39 is 28.5 Å². The zero-order valence-electron chi connectivity index (χ0n) is 18.7. The minimum absolute atomic E-state index is 0.259. The largest absolute Gasteiger partial charge is 0.504 e. The van der Waals surface area contributed by atoms with Crippen LogP contribution in [0.1, 0.15) is 94.6 Å². The van der Waals surface area contributed by atoms with E-state index >= 15 is 0 Å². The Morgan fingerprint density at radius 3 is 1.66 bits per heavy atom. The zero-order valence-corrected chi connectivity index (χ0v) is 18.7. The third kappa shape index (κ3) is 5.67. The Kier molecular flexibility index (Phi) is 7.57. The Labute approximate surface area is 189 Å². The highest BCUT2D eigenvalue weighted by Gasteiger charge is 2.49. The molecule has 7 nitrogen and oxygen atoms in total. The van der Waals surface area contributed by atoms with Crippen molar-refractivity contribution in [3.63, 3.8) is 0 Å². The average molecular weight is 449 g/mol. The molecule has 0 aromatic heterocycles. The maximum atomic E-state index is 11.3. The molecule has 0 spiro atoms. The van der Waals surface area contributed by atoms with Gasteiger partial charge in [-0.3, -0.25) is 9.59 Å². The van der Waals surface area contributed by atoms with Crippen LogP contribution in [0.4, 0.5) is 0 Å². The van der Waals surface area contributed by atoms with Gasteiger partial charge in [-0.15, -0.1) is 0 Å². The molecule has 2 fully saturated rings. The van der Waals surface area contributed by atoms with Crippen LogP contribution in [0, 0.1) is 10.8 Å². The number of rotatable bonds is 15. The molecule has 1 aromatic rings. The van der Waals surface area contributed by atoms with E-state index in [9.17, 15) is 35.1 Å². The number of hydrogen-bond donors (Lipinski definition) is 5. The predicted octanol–water partition coefficient (Wildman–Crippen LogP) is 5.13. The molecule has 178 valence electrons. The van der Waals surface area contributed by atoms with Crippen LogP contribution in [0.3, 0.4) is 0 Å². The molecule has 2 aliphatic carbocycles. The fourth-order valence-corrected chi connectivity index (χ4v) is 4.76. The van der Waals surface area contributed by atoms with Crippen LogP contribution in [0.2, 0.25) is 0 Å². The first-order chi connectivity index (χ1) is 15.2. The maximum absolute atomic E-state index is 11.3. The number of carboxylic acids is 2. The highest BCUT2D eigenvalue weighted by Crippen LogP contribution is 2.51. The Morgan fingerprint density at radius 1 is 0.688 bits per heavy atom. The molecule has 5 N–H and O–H groups in total. The van der Waals surface area contributed by atoms with Gasteiger partial charge in [-0.1, -0.05) is 32.1 Å². The quantitative estimate of drug-likeness (QED) is 0.185. The Morgan fingerprint density at radius 2 is 1.16 bits per heavy atom. The van der Waals surface area contributed by atoms with Crippen LogP contribution < -0.4 is 0 Å². The van der Waals surface area contributed by atoms with Gasteiger partial charge in [-0.05, 0) is 75.8 Å². The molecule has 32 heavy (non-hydrogen) atoms. The molecule has 0 bridgehead atoms. The molecule has 0 atom stereocenters. The molecule has 3 rings (SSSR count). The number of aromatic hydroxyl groups is 3. The van der Waals surface area contributed by atoms with Crippen molar-refractivity contribution in [1.29, 1.82) is 0 Å². The number of benzene rings is 1. The summed E-state index contributed by atoms with van der Waals surface area (Å²) in [5.41, 5.74) is 0.510. The van der Waals surface area contributed by atoms with E-state index in [0.29, 0.717) is 24.8 Å². The van der Waals surface area contributed by atoms with Crippen LogP contribution in [0.15, 0.2) is 6.07 Å². The van der Waals surface area contributed by atoms with Crippen LogP contribution >= 0.6 is 0 Å². The van der Waals surface area contributed by atoms with Gasteiger partial charge in [0.1, 0.15) is 0 Å². The summed E-state index contributed by atoms with van der Waals surface area (Å²) in [7, 11) is 0. The monoisotopic (exact) mass is 448 g/mol. The predicted molar refractivity (Wildman–Crippen MR) is 119 cm³/mol. The smallest absolute Gasteiger partial charge is 0.309 e. The van der Waals surface area contributed by atoms with E-state index in [1.807, 2.05) is 0 Å². The van der Waals surface area contributed by atoms with Crippen molar-refractivity contribution in [3.8, 4) is 17.2 Å². The summed E-state index contributed by atoms with van der Waals surface area (Å²) in [5, 5.41) is 48.8. The molecule has 0 heterocycles. The van der Waals surface area contributed by atoms with E-state index in [2.05, 4.69) is 0 Å². The Bertz CT molecular complexity index is 837. The number of aliphatic carboxylic acids is 2. The van der Waals surface area contributed by atoms with Crippen LogP contribution in [-0.4, -0.2) is 37.5 Å². The molecule has 1 aromatic carbocycles. The first-order valence-corrected chi connectivity index (χ1v) is 11.9. The minimum atomic E-state index is -0.691. The summed E-state index contributed by atoms with van der Waals surface area (Å²) in [6.45, 7) is 0. The van der Waals surface area contributed by atoms with Crippen molar-refractivity contribution in [2.75, 3.05) is 0 Å². The van der Waals surface area contributed by atoms with Gasteiger partial charge in [0.25, 0.3) is 0 Å². The van der Waals surface area contributed by atoms with Gasteiger partial charge in [0.15, 0.2) is 11.5 Å². The number of phenols is 3. The lowest BCUT2D eigenvalue weighted by molar-refractivity contribution is -0.144. The fraction of sp³-hybridized carbons (Fsp3) is 0.680. The molecule has 0 radical (unpaired) electrons. The second kappa shape index (κ2) is 10.0. The minimum Gasteiger partial charge on any atom is -0.504 e. The number of hydrogen-bond acceptors (Lipinski definition) is 5. The lowest BCUT2D eigenvalue weighted by Crippen LogP contribution is -2.14. The van der Waals surface area contributed by atoms with E-state index in [1.165, 1.54) is 6.07 Å². The second-order valence-corrected chi connectivity index (χ2v) is 9.88. The number of unbranched alkanes of at least 4 members (excludes halogenated alkanes) is 5. The van der Waals surface area contributed by atoms with Gasteiger partial charge in [0, 0.05) is 5.56 Å². The van der Waals surface area contributed by atoms with Gasteiger partial charge in [-0.25, -0.2) is 0 Å². The van der Waals surface area contributed by atoms with Crippen molar-refractivity contribution < 1.29 is 35.1 Å². The fourth-order valence-electron chi connectivity index (χ4n) is 4.76. The van der Waals surface area contributed by atoms with Gasteiger partial charge in [0.05, 0.1) is 10.8 Å². The van der Waals surface area contributed by atoms with Crippen LogP contribution in [0.5, 0.6) is 17.2 Å². The number of aryl methyl sites for hydroxylation is 1. The molecular weight excluding hydrogens is 412 g/mol. The van der Waals surface area contributed by atoms with Crippen molar-refractivity contribution in [2.24, 2.45) is 10.8 Å². The second-order valence-electron chi connectivity index (χ2n) is 9.88. The summed E-state index contributed by atoms with van der Waals surface area (Å²) in [4.78, 5) is 22.5. The Balaban J connectivity index is 1.44. The standard InChI is InChI=1S/C25H36O7/c26-19-16-17(8-4-3-7-11-25(14-15-25)23(31)32)18(20(27)21(19)28)9-5-1-2-6-10-24(12-13-24)22(29)30/h16,26-28H,1-15H2,(H,29,30)(H,31,32). The molecule has 7 heteroatoms. The first-order valence-electron chi connectivity index (χ1n) is 11.9. The van der Waals surface area contributed by atoms with Gasteiger partial charge < -0.3 is 25.5 Å². The molecule has 2 aliphatic rings. The summed E-state index contributed by atoms with van der Waals surface area (Å²) in [6, 6.07) is 1.52. The van der Waals surface area contributed by atoms with E-state index in [0.717, 1.165) is 82.6 Å². The number of carbonyl (C=O) groups is 2. The van der Waals surface area contributed by atoms with Gasteiger partial charge in [0.2, 0.25) is 5.75 Å². The first kappa shape index (κ1) is 24.2. The summed E-state index contributed by atoms with van der Waals surface area (Å²) in [6.07, 6.45) is 11.8. The summed E-state index contributed by atoms with van der Waals surface area (Å²) in [5.74, 6) is -2.44. The van der Waals surface area contributed by atoms with Crippen molar-refractivity contribution in [1.82, 2.24) is 0 Å². The SMILES string of the molecule is O=C(O)C1(CCCCCCc2c(CCCCCC3(C(=O)O)CC3)cc(O)c(O)c2O)CC1. The van der Waals surface area contributed by atoms with Crippen molar-refractivity contribution in [3.05, 3.63) is 17.2 Å². The van der Waals surface area contributed by atoms with E-state index in [-0.39, 0.29) is 11.5 Å². The normalized spacial score (nSPS) is 17.8. The van der Waals surface area contributed by atoms with Crippen molar-refractivity contribution in [2.45, 2.75) is 96.3 Å². The van der Waals surface area contributed by atoms with Crippen LogP contribution in [-0.2, 0) is 22.4 Å². The topological polar surface area (TPSA) is 135 Å². The lowest BCUT2D eigenvalue weighted by atomic mass is 9.93. The highest BCUT2D eigenvalue weighted by atomic mass is 16.4. The molecule has 0 unspecified atom stereocenters. The van der Waals surface area contributed by atoms with Crippen LogP contribution in [0.25, 0.3) is 0 Å². The number of carboxylic acid groups (broad SMARTS) is 2. The molecule has 0 amide bonds. The summed E-state index contributed by atoms with van der Waals surface area (Å²) < 4.78 is 0. The molecule has 0 saturated heterocycles. The van der Waals surface area contributed by atoms with Gasteiger partial charge >= 0.3 is 11.9 Å². The Hall–Kier alpha value is -2.44. The third-order valence-electron chi connectivity index (χ3n) is 7.50. The average Bonchev–Trinajstić information content (AvgIpc) is 3.66. The third-order valence-corrected chi connectivity index (χ3v) is 7.50. The molecule has 2 saturated carbocycles. The van der Waals surface area contributed by atoms with Crippen molar-refractivity contribution >= 4 is 11.9 Å². The summed E-state index contributed by atoms with van der Waals surface area (Å²) >= 11 is 0. The highest BCUT2D eigenvalue weighted by molar-refractivity contribution is 5.78. The lowest BCUT2D eigenvalue weighted by Gasteiger charge is -2.15. The van der Waals surface area contributed by atoms with Gasteiger partial charge in [-0.2, -0.15) is 0 Å². The zero-order chi connectivity index (χ0) is 23.4. The molecule has 0 aliphatic heterocycles. The number of phenolic OH excluding ortho intramolecular Hbond substituents is 3. The maximum Gasteiger partial charge on any atom is 0.309 e.